The van der Waals surface area contributed by atoms with Crippen LogP contribution in [0.5, 0.6) is 5.75 Å². The van der Waals surface area contributed by atoms with E-state index in [9.17, 15) is 4.79 Å². The molecular weight excluding hydrogens is 336 g/mol. The molecule has 0 aromatic heterocycles. The van der Waals surface area contributed by atoms with E-state index in [0.29, 0.717) is 19.1 Å². The highest BCUT2D eigenvalue weighted by molar-refractivity contribution is 5.91. The van der Waals surface area contributed by atoms with Crippen molar-refractivity contribution in [2.75, 3.05) is 19.0 Å². The van der Waals surface area contributed by atoms with E-state index in [0.717, 1.165) is 18.0 Å². The number of para-hydroxylation sites is 2. The Hall–Kier alpha value is -2.33. The predicted molar refractivity (Wildman–Crippen MR) is 110 cm³/mol. The minimum atomic E-state index is -0.0151. The van der Waals surface area contributed by atoms with Crippen LogP contribution in [0.15, 0.2) is 54.6 Å². The van der Waals surface area contributed by atoms with Gasteiger partial charge in [-0.2, -0.15) is 0 Å². The van der Waals surface area contributed by atoms with Crippen molar-refractivity contribution in [3.05, 3.63) is 60.2 Å². The van der Waals surface area contributed by atoms with Crippen LogP contribution in [0.3, 0.4) is 0 Å². The molecule has 0 bridgehead atoms. The van der Waals surface area contributed by atoms with Gasteiger partial charge < -0.3 is 10.1 Å². The maximum atomic E-state index is 12.3. The number of amides is 1. The number of benzene rings is 2. The number of rotatable bonds is 8. The second kappa shape index (κ2) is 10.1. The van der Waals surface area contributed by atoms with Gasteiger partial charge in [0.25, 0.3) is 0 Å². The van der Waals surface area contributed by atoms with Gasteiger partial charge in [0.2, 0.25) is 5.91 Å². The van der Waals surface area contributed by atoms with Gasteiger partial charge >= 0.3 is 0 Å². The quantitative estimate of drug-likeness (QED) is 0.725. The molecule has 1 amide bonds. The van der Waals surface area contributed by atoms with E-state index in [1.165, 1.54) is 37.7 Å². The van der Waals surface area contributed by atoms with E-state index in [2.05, 4.69) is 23.3 Å². The van der Waals surface area contributed by atoms with Gasteiger partial charge in [0.1, 0.15) is 5.75 Å². The van der Waals surface area contributed by atoms with Crippen LogP contribution >= 0.6 is 0 Å². The fourth-order valence-corrected chi connectivity index (χ4v) is 3.69. The topological polar surface area (TPSA) is 41.6 Å². The van der Waals surface area contributed by atoms with E-state index in [1.54, 1.807) is 0 Å². The smallest absolute Gasteiger partial charge is 0.227 e. The first kappa shape index (κ1) is 19.4. The monoisotopic (exact) mass is 366 g/mol. The minimum absolute atomic E-state index is 0.0151. The Morgan fingerprint density at radius 2 is 1.74 bits per heavy atom. The second-order valence-electron chi connectivity index (χ2n) is 7.32. The number of hydrogen-bond donors (Lipinski definition) is 1. The van der Waals surface area contributed by atoms with Gasteiger partial charge in [0.15, 0.2) is 0 Å². The number of nitrogens with zero attached hydrogens (tertiary/aromatic N) is 1. The van der Waals surface area contributed by atoms with Gasteiger partial charge in [0, 0.05) is 18.3 Å². The summed E-state index contributed by atoms with van der Waals surface area (Å²) in [4.78, 5) is 14.8. The summed E-state index contributed by atoms with van der Waals surface area (Å²) in [6.07, 6.45) is 6.91. The van der Waals surface area contributed by atoms with Crippen molar-refractivity contribution < 1.29 is 9.53 Å². The van der Waals surface area contributed by atoms with Crippen LogP contribution in [-0.2, 0) is 11.3 Å². The van der Waals surface area contributed by atoms with E-state index < -0.39 is 0 Å². The number of ether oxygens (including phenoxy) is 1. The lowest BCUT2D eigenvalue weighted by Gasteiger charge is -2.31. The number of hydrogen-bond acceptors (Lipinski definition) is 3. The summed E-state index contributed by atoms with van der Waals surface area (Å²) in [6.45, 7) is 1.24. The standard InChI is InChI=1S/C23H30N2O2/c1-25(20-11-4-2-5-12-20)18-19-10-8-9-15-22(19)24-23(26)16-17-27-21-13-6-3-7-14-21/h3,6-10,13-15,20H,2,4-5,11-12,16-18H2,1H3,(H,24,26). The second-order valence-corrected chi connectivity index (χ2v) is 7.32. The molecule has 0 saturated heterocycles. The molecule has 144 valence electrons. The molecule has 1 fully saturated rings. The van der Waals surface area contributed by atoms with Crippen molar-refractivity contribution in [3.63, 3.8) is 0 Å². The molecule has 0 radical (unpaired) electrons. The Labute approximate surface area is 162 Å². The molecule has 0 spiro atoms. The zero-order valence-electron chi connectivity index (χ0n) is 16.2. The van der Waals surface area contributed by atoms with Crippen molar-refractivity contribution >= 4 is 11.6 Å². The molecule has 2 aromatic rings. The van der Waals surface area contributed by atoms with Crippen molar-refractivity contribution in [2.45, 2.75) is 51.1 Å². The summed E-state index contributed by atoms with van der Waals surface area (Å²) < 4.78 is 5.62. The first-order valence-electron chi connectivity index (χ1n) is 9.98. The van der Waals surface area contributed by atoms with E-state index in [4.69, 9.17) is 4.74 Å². The number of anilines is 1. The van der Waals surface area contributed by atoms with Crippen LogP contribution in [0, 0.1) is 0 Å². The molecule has 4 heteroatoms. The molecule has 0 heterocycles. The van der Waals surface area contributed by atoms with Gasteiger partial charge in [0.05, 0.1) is 13.0 Å². The van der Waals surface area contributed by atoms with Crippen LogP contribution in [0.1, 0.15) is 44.1 Å². The van der Waals surface area contributed by atoms with Crippen LogP contribution < -0.4 is 10.1 Å². The molecule has 0 unspecified atom stereocenters. The Balaban J connectivity index is 1.51. The highest BCUT2D eigenvalue weighted by atomic mass is 16.5. The van der Waals surface area contributed by atoms with E-state index >= 15 is 0 Å². The lowest BCUT2D eigenvalue weighted by atomic mass is 9.94. The number of carbonyl (C=O) groups excluding carboxylic acids is 1. The Morgan fingerprint density at radius 1 is 1.04 bits per heavy atom. The molecule has 27 heavy (non-hydrogen) atoms. The third-order valence-corrected chi connectivity index (χ3v) is 5.25. The fourth-order valence-electron chi connectivity index (χ4n) is 3.69. The molecule has 1 aliphatic rings. The SMILES string of the molecule is CN(Cc1ccccc1NC(=O)CCOc1ccccc1)C1CCCCC1. The first-order chi connectivity index (χ1) is 13.2. The summed E-state index contributed by atoms with van der Waals surface area (Å²) in [5, 5.41) is 3.06. The van der Waals surface area contributed by atoms with Gasteiger partial charge in [-0.25, -0.2) is 0 Å². The molecule has 1 aliphatic carbocycles. The lowest BCUT2D eigenvalue weighted by molar-refractivity contribution is -0.116. The van der Waals surface area contributed by atoms with E-state index in [-0.39, 0.29) is 5.91 Å². The molecule has 2 aromatic carbocycles. The Kier molecular flexibility index (Phi) is 7.28. The van der Waals surface area contributed by atoms with Gasteiger partial charge in [-0.3, -0.25) is 9.69 Å². The largest absolute Gasteiger partial charge is 0.493 e. The maximum absolute atomic E-state index is 12.3. The fraction of sp³-hybridized carbons (Fsp3) is 0.435. The highest BCUT2D eigenvalue weighted by Gasteiger charge is 2.19. The molecule has 0 aliphatic heterocycles. The van der Waals surface area contributed by atoms with Crippen LogP contribution in [-0.4, -0.2) is 30.5 Å². The van der Waals surface area contributed by atoms with Crippen molar-refractivity contribution in [2.24, 2.45) is 0 Å². The van der Waals surface area contributed by atoms with Crippen molar-refractivity contribution in [3.8, 4) is 5.75 Å². The predicted octanol–water partition coefficient (Wildman–Crippen LogP) is 4.86. The average Bonchev–Trinajstić information content (AvgIpc) is 2.71. The zero-order valence-corrected chi connectivity index (χ0v) is 16.2. The summed E-state index contributed by atoms with van der Waals surface area (Å²) >= 11 is 0. The third-order valence-electron chi connectivity index (χ3n) is 5.25. The normalized spacial score (nSPS) is 14.9. The van der Waals surface area contributed by atoms with Gasteiger partial charge in [-0.15, -0.1) is 0 Å². The van der Waals surface area contributed by atoms with Crippen molar-refractivity contribution in [1.29, 1.82) is 0 Å². The summed E-state index contributed by atoms with van der Waals surface area (Å²) in [5.74, 6) is 0.776. The Morgan fingerprint density at radius 3 is 2.52 bits per heavy atom. The van der Waals surface area contributed by atoms with Crippen LogP contribution in [0.4, 0.5) is 5.69 Å². The van der Waals surface area contributed by atoms with Gasteiger partial charge in [-0.05, 0) is 43.7 Å². The molecular formula is C23H30N2O2. The molecule has 1 saturated carbocycles. The summed E-state index contributed by atoms with van der Waals surface area (Å²) in [7, 11) is 2.20. The number of carbonyl (C=O) groups is 1. The summed E-state index contributed by atoms with van der Waals surface area (Å²) in [6, 6.07) is 18.3. The van der Waals surface area contributed by atoms with Crippen LogP contribution in [0.2, 0.25) is 0 Å². The average molecular weight is 367 g/mol. The van der Waals surface area contributed by atoms with Gasteiger partial charge in [-0.1, -0.05) is 55.7 Å². The number of nitrogens with one attached hydrogen (secondary N) is 1. The van der Waals surface area contributed by atoms with Crippen molar-refractivity contribution in [1.82, 2.24) is 4.90 Å². The highest BCUT2D eigenvalue weighted by Crippen LogP contribution is 2.25. The first-order valence-corrected chi connectivity index (χ1v) is 9.98. The molecule has 3 rings (SSSR count). The van der Waals surface area contributed by atoms with Crippen LogP contribution in [0.25, 0.3) is 0 Å². The minimum Gasteiger partial charge on any atom is -0.493 e. The van der Waals surface area contributed by atoms with E-state index in [1.807, 2.05) is 48.5 Å². The molecule has 0 atom stereocenters. The zero-order chi connectivity index (χ0) is 18.9. The molecule has 1 N–H and O–H groups in total. The molecule has 4 nitrogen and oxygen atoms in total. The lowest BCUT2D eigenvalue weighted by Crippen LogP contribution is -2.33. The maximum Gasteiger partial charge on any atom is 0.227 e. The summed E-state index contributed by atoms with van der Waals surface area (Å²) in [5.41, 5.74) is 2.08. The Bertz CT molecular complexity index is 711. The third kappa shape index (κ3) is 6.10.